The van der Waals surface area contributed by atoms with Gasteiger partial charge in [0.15, 0.2) is 6.10 Å². The summed E-state index contributed by atoms with van der Waals surface area (Å²) < 4.78 is 23.0. The zero-order chi connectivity index (χ0) is 66.1. The van der Waals surface area contributed by atoms with E-state index in [-0.39, 0.29) is 38.2 Å². The zero-order valence-corrected chi connectivity index (χ0v) is 60.8. The van der Waals surface area contributed by atoms with Gasteiger partial charge in [0.05, 0.1) is 34.4 Å². The first-order chi connectivity index (χ1) is 44.6. The van der Waals surface area contributed by atoms with E-state index in [1.54, 1.807) is 0 Å². The third-order valence-electron chi connectivity index (χ3n) is 17.4. The molecule has 9 nitrogen and oxygen atoms in total. The van der Waals surface area contributed by atoms with Crippen LogP contribution in [0.2, 0.25) is 0 Å². The SMILES string of the molecule is CC/C=C\C/C=C\C/C=C\C/C=C\C/C=C\CCCCCCCCCCCCCCCCCCCCCCCCCCCC(=O)OC(COC(=O)CCCCCCCCCCCCCCC/C=C\CCCCCCCCCC)COC(OCC[N+](C)(C)C)C(=O)O. The van der Waals surface area contributed by atoms with E-state index in [1.165, 1.54) is 276 Å². The Kier molecular flexibility index (Phi) is 69.9. The molecule has 9 heteroatoms. The predicted octanol–water partition coefficient (Wildman–Crippen LogP) is 24.8. The lowest BCUT2D eigenvalue weighted by atomic mass is 10.0. The number of quaternary nitrogens is 1. The van der Waals surface area contributed by atoms with Gasteiger partial charge in [0.25, 0.3) is 6.29 Å². The van der Waals surface area contributed by atoms with Gasteiger partial charge in [-0.2, -0.15) is 0 Å². The lowest BCUT2D eigenvalue weighted by Crippen LogP contribution is -2.40. The summed E-state index contributed by atoms with van der Waals surface area (Å²) in [5.74, 6) is -1.98. The zero-order valence-electron chi connectivity index (χ0n) is 60.8. The summed E-state index contributed by atoms with van der Waals surface area (Å²) in [5, 5.41) is 9.76. The number of hydrogen-bond donors (Lipinski definition) is 1. The number of carboxylic acid groups (broad SMARTS) is 1. The molecule has 0 saturated carbocycles. The van der Waals surface area contributed by atoms with Crippen LogP contribution in [0.3, 0.4) is 0 Å². The Hall–Kier alpha value is -3.27. The van der Waals surface area contributed by atoms with Gasteiger partial charge in [0.1, 0.15) is 13.2 Å². The maximum absolute atomic E-state index is 13.0. The van der Waals surface area contributed by atoms with Crippen LogP contribution in [-0.4, -0.2) is 87.4 Å². The second kappa shape index (κ2) is 72.6. The van der Waals surface area contributed by atoms with E-state index in [0.29, 0.717) is 17.4 Å². The lowest BCUT2D eigenvalue weighted by molar-refractivity contribution is -0.870. The summed E-state index contributed by atoms with van der Waals surface area (Å²) >= 11 is 0. The van der Waals surface area contributed by atoms with Gasteiger partial charge < -0.3 is 28.5 Å². The van der Waals surface area contributed by atoms with Gasteiger partial charge in [-0.15, -0.1) is 0 Å². The number of hydrogen-bond acceptors (Lipinski definition) is 7. The van der Waals surface area contributed by atoms with Crippen molar-refractivity contribution in [1.29, 1.82) is 0 Å². The van der Waals surface area contributed by atoms with Crippen molar-refractivity contribution in [2.45, 2.75) is 386 Å². The molecule has 0 radical (unpaired) electrons. The maximum Gasteiger partial charge on any atom is 0.361 e. The van der Waals surface area contributed by atoms with Crippen molar-refractivity contribution in [1.82, 2.24) is 0 Å². The van der Waals surface area contributed by atoms with Gasteiger partial charge >= 0.3 is 17.9 Å². The van der Waals surface area contributed by atoms with Gasteiger partial charge in [-0.05, 0) is 83.5 Å². The summed E-state index contributed by atoms with van der Waals surface area (Å²) in [7, 11) is 5.99. The van der Waals surface area contributed by atoms with Crippen LogP contribution >= 0.6 is 0 Å². The molecule has 0 bridgehead atoms. The van der Waals surface area contributed by atoms with E-state index in [1.807, 2.05) is 21.1 Å². The van der Waals surface area contributed by atoms with E-state index in [9.17, 15) is 19.5 Å². The molecule has 0 aliphatic heterocycles. The number of carbonyl (C=O) groups excluding carboxylic acids is 2. The molecular formula is C82H150NO8+. The number of ether oxygens (including phenoxy) is 4. The minimum atomic E-state index is -1.51. The molecule has 0 aromatic carbocycles. The molecule has 0 aliphatic rings. The van der Waals surface area contributed by atoms with Crippen LogP contribution < -0.4 is 0 Å². The lowest BCUT2D eigenvalue weighted by Gasteiger charge is -2.25. The fraction of sp³-hybridized carbons (Fsp3) is 0.817. The number of rotatable bonds is 73. The second-order valence-corrected chi connectivity index (χ2v) is 27.6. The minimum Gasteiger partial charge on any atom is -0.477 e. The number of allylic oxidation sites excluding steroid dienone is 12. The molecule has 1 N–H and O–H groups in total. The van der Waals surface area contributed by atoms with Gasteiger partial charge in [-0.25, -0.2) is 4.79 Å². The van der Waals surface area contributed by atoms with E-state index < -0.39 is 18.4 Å². The van der Waals surface area contributed by atoms with E-state index in [0.717, 1.165) is 70.6 Å². The normalized spacial score (nSPS) is 13.0. The summed E-state index contributed by atoms with van der Waals surface area (Å²) in [6.07, 6.45) is 94.8. The third-order valence-corrected chi connectivity index (χ3v) is 17.4. The molecule has 0 saturated heterocycles. The summed E-state index contributed by atoms with van der Waals surface area (Å²) in [5.41, 5.74) is 0. The number of nitrogens with zero attached hydrogens (tertiary/aromatic N) is 1. The highest BCUT2D eigenvalue weighted by atomic mass is 16.7. The Labute approximate surface area is 564 Å². The number of esters is 2. The average molecular weight is 1280 g/mol. The summed E-state index contributed by atoms with van der Waals surface area (Å²) in [6, 6.07) is 0. The van der Waals surface area contributed by atoms with E-state index in [2.05, 4.69) is 86.8 Å². The second-order valence-electron chi connectivity index (χ2n) is 27.6. The number of likely N-dealkylation sites (N-methyl/N-ethyl adjacent to an activating group) is 1. The van der Waals surface area contributed by atoms with E-state index >= 15 is 0 Å². The summed E-state index contributed by atoms with van der Waals surface area (Å²) in [4.78, 5) is 37.7. The molecule has 0 fully saturated rings. The Morgan fingerprint density at radius 1 is 0.341 bits per heavy atom. The number of aliphatic carboxylic acids is 1. The first-order valence-electron chi connectivity index (χ1n) is 39.1. The number of carbonyl (C=O) groups is 3. The largest absolute Gasteiger partial charge is 0.477 e. The Morgan fingerprint density at radius 3 is 0.945 bits per heavy atom. The minimum absolute atomic E-state index is 0.178. The molecule has 0 heterocycles. The smallest absolute Gasteiger partial charge is 0.361 e. The fourth-order valence-corrected chi connectivity index (χ4v) is 11.5. The highest BCUT2D eigenvalue weighted by molar-refractivity contribution is 5.71. The predicted molar refractivity (Wildman–Crippen MR) is 392 cm³/mol. The van der Waals surface area contributed by atoms with Gasteiger partial charge in [0.2, 0.25) is 0 Å². The quantitative estimate of drug-likeness (QED) is 0.0211. The number of unbranched alkanes of at least 4 members (excludes halogenated alkanes) is 46. The van der Waals surface area contributed by atoms with Crippen LogP contribution in [0.4, 0.5) is 0 Å². The van der Waals surface area contributed by atoms with Crippen LogP contribution in [0.5, 0.6) is 0 Å². The summed E-state index contributed by atoms with van der Waals surface area (Å²) in [6.45, 7) is 4.82. The van der Waals surface area contributed by atoms with Crippen LogP contribution in [-0.2, 0) is 33.3 Å². The molecule has 91 heavy (non-hydrogen) atoms. The molecule has 2 atom stereocenters. The average Bonchev–Trinajstić information content (AvgIpc) is 3.53. The number of carboxylic acids is 1. The molecule has 0 aromatic rings. The van der Waals surface area contributed by atoms with Gasteiger partial charge in [-0.3, -0.25) is 9.59 Å². The molecule has 0 spiro atoms. The highest BCUT2D eigenvalue weighted by Gasteiger charge is 2.25. The van der Waals surface area contributed by atoms with Crippen molar-refractivity contribution in [3.8, 4) is 0 Å². The van der Waals surface area contributed by atoms with Gasteiger partial charge in [0, 0.05) is 12.8 Å². The molecule has 0 amide bonds. The highest BCUT2D eigenvalue weighted by Crippen LogP contribution is 2.19. The van der Waals surface area contributed by atoms with Crippen molar-refractivity contribution >= 4 is 17.9 Å². The molecule has 0 aromatic heterocycles. The van der Waals surface area contributed by atoms with E-state index in [4.69, 9.17) is 18.9 Å². The van der Waals surface area contributed by atoms with Crippen LogP contribution in [0.25, 0.3) is 0 Å². The Balaban J connectivity index is 3.96. The van der Waals surface area contributed by atoms with Crippen molar-refractivity contribution in [2.24, 2.45) is 0 Å². The van der Waals surface area contributed by atoms with Crippen molar-refractivity contribution in [3.05, 3.63) is 72.9 Å². The first-order valence-corrected chi connectivity index (χ1v) is 39.1. The third kappa shape index (κ3) is 74.0. The monoisotopic (exact) mass is 1280 g/mol. The van der Waals surface area contributed by atoms with Crippen molar-refractivity contribution in [2.75, 3.05) is 47.5 Å². The van der Waals surface area contributed by atoms with Crippen LogP contribution in [0.15, 0.2) is 72.9 Å². The van der Waals surface area contributed by atoms with Crippen molar-refractivity contribution in [3.63, 3.8) is 0 Å². The molecule has 2 unspecified atom stereocenters. The molecule has 0 rings (SSSR count). The molecule has 0 aliphatic carbocycles. The Morgan fingerprint density at radius 2 is 0.626 bits per heavy atom. The maximum atomic E-state index is 13.0. The molecular weight excluding hydrogens is 1130 g/mol. The molecule has 530 valence electrons. The topological polar surface area (TPSA) is 108 Å². The first kappa shape index (κ1) is 87.7. The fourth-order valence-electron chi connectivity index (χ4n) is 11.5. The van der Waals surface area contributed by atoms with Crippen LogP contribution in [0, 0.1) is 0 Å². The van der Waals surface area contributed by atoms with Gasteiger partial charge in [-0.1, -0.05) is 350 Å². The standard InChI is InChI=1S/C82H149NO8/c1-6-8-10-12-14-16-18-20-22-24-26-28-30-32-33-34-35-36-37-38-39-40-41-42-43-44-45-46-47-49-51-53-55-57-59-61-63-65-67-69-71-73-80(85)91-78(77-90-82(81(86)87)88-75-74-83(3,4)5)76-89-79(84)72-70-68-66-64-62-60-58-56-54-52-50-48-31-29-27-25-23-21-19-17-15-13-11-9-7-2/h8,10,14,16,20,22,25-28,32-33,78,82H,6-7,9,11-13,15,17-19,21,23-24,29-31,34-77H2,1-5H3/p+1/b10-8-,16-14-,22-20-,27-25-,28-26-,33-32-. The Bertz CT molecular complexity index is 1730. The van der Waals surface area contributed by atoms with Crippen LogP contribution in [0.1, 0.15) is 373 Å². The van der Waals surface area contributed by atoms with Crippen molar-refractivity contribution < 1.29 is 42.9 Å².